The zero-order valence-electron chi connectivity index (χ0n) is 12.1. The summed E-state index contributed by atoms with van der Waals surface area (Å²) in [5.74, 6) is 1.80. The molecule has 3 rings (SSSR count). The van der Waals surface area contributed by atoms with Crippen molar-refractivity contribution in [2.75, 3.05) is 37.7 Å². The molecule has 0 aromatic carbocycles. The molecule has 0 aliphatic carbocycles. The number of anilines is 2. The Kier molecular flexibility index (Phi) is 3.96. The van der Waals surface area contributed by atoms with E-state index in [1.165, 1.54) is 19.4 Å². The van der Waals surface area contributed by atoms with E-state index in [9.17, 15) is 0 Å². The van der Waals surface area contributed by atoms with Gasteiger partial charge in [0.2, 0.25) is 17.8 Å². The number of nitrogens with two attached hydrogens (primary N) is 1. The molecule has 1 atom stereocenters. The monoisotopic (exact) mass is 288 g/mol. The highest BCUT2D eigenvalue weighted by Gasteiger charge is 2.17. The van der Waals surface area contributed by atoms with Crippen LogP contribution in [0.3, 0.4) is 0 Å². The van der Waals surface area contributed by atoms with Crippen molar-refractivity contribution in [3.8, 4) is 5.95 Å². The summed E-state index contributed by atoms with van der Waals surface area (Å²) in [6, 6.07) is 0. The molecule has 2 aromatic rings. The molecule has 8 heteroatoms. The lowest BCUT2D eigenvalue weighted by Gasteiger charge is -2.29. The van der Waals surface area contributed by atoms with Crippen LogP contribution in [-0.4, -0.2) is 56.1 Å². The van der Waals surface area contributed by atoms with Crippen molar-refractivity contribution in [3.05, 3.63) is 18.7 Å². The predicted molar refractivity (Wildman–Crippen MR) is 80.1 cm³/mol. The first-order chi connectivity index (χ1) is 10.2. The minimum atomic E-state index is 0.206. The lowest BCUT2D eigenvalue weighted by atomic mass is 9.99. The van der Waals surface area contributed by atoms with Crippen LogP contribution in [0.1, 0.15) is 12.8 Å². The van der Waals surface area contributed by atoms with Gasteiger partial charge in [0.05, 0.1) is 0 Å². The van der Waals surface area contributed by atoms with E-state index in [4.69, 9.17) is 5.73 Å². The second-order valence-corrected chi connectivity index (χ2v) is 5.44. The van der Waals surface area contributed by atoms with Crippen molar-refractivity contribution in [1.29, 1.82) is 0 Å². The van der Waals surface area contributed by atoms with Gasteiger partial charge in [0.15, 0.2) is 0 Å². The maximum atomic E-state index is 5.75. The number of hydrogen-bond acceptors (Lipinski definition) is 7. The molecule has 0 radical (unpaired) electrons. The number of aromatic nitrogens is 5. The number of nitrogens with one attached hydrogen (secondary N) is 1. The van der Waals surface area contributed by atoms with Gasteiger partial charge in [0, 0.05) is 25.5 Å². The highest BCUT2D eigenvalue weighted by Crippen LogP contribution is 2.15. The van der Waals surface area contributed by atoms with Crippen molar-refractivity contribution in [2.45, 2.75) is 12.8 Å². The predicted octanol–water partition coefficient (Wildman–Crippen LogP) is 0.393. The Hall–Kier alpha value is -2.22. The van der Waals surface area contributed by atoms with Gasteiger partial charge in [-0.15, -0.1) is 0 Å². The number of rotatable bonds is 4. The zero-order chi connectivity index (χ0) is 14.7. The van der Waals surface area contributed by atoms with Crippen LogP contribution in [0.25, 0.3) is 5.95 Å². The maximum absolute atomic E-state index is 5.75. The minimum absolute atomic E-state index is 0.206. The molecule has 1 aliphatic heterocycles. The largest absolute Gasteiger partial charge is 0.368 e. The molecule has 112 valence electrons. The van der Waals surface area contributed by atoms with E-state index in [1.807, 2.05) is 0 Å². The van der Waals surface area contributed by atoms with Crippen LogP contribution < -0.4 is 11.1 Å². The molecule has 0 bridgehead atoms. The fourth-order valence-electron chi connectivity index (χ4n) is 2.63. The lowest BCUT2D eigenvalue weighted by Crippen LogP contribution is -2.35. The topological polar surface area (TPSA) is 97.8 Å². The smallest absolute Gasteiger partial charge is 0.241 e. The van der Waals surface area contributed by atoms with Crippen LogP contribution in [0.15, 0.2) is 18.7 Å². The van der Waals surface area contributed by atoms with Gasteiger partial charge in [-0.3, -0.25) is 4.57 Å². The summed E-state index contributed by atoms with van der Waals surface area (Å²) in [5, 5.41) is 3.28. The van der Waals surface area contributed by atoms with Gasteiger partial charge in [-0.2, -0.15) is 15.0 Å². The van der Waals surface area contributed by atoms with Crippen LogP contribution in [0.2, 0.25) is 0 Å². The molecule has 1 fully saturated rings. The van der Waals surface area contributed by atoms with Crippen molar-refractivity contribution in [3.63, 3.8) is 0 Å². The quantitative estimate of drug-likeness (QED) is 0.840. The van der Waals surface area contributed by atoms with Gasteiger partial charge in [-0.1, -0.05) is 0 Å². The SMILES string of the molecule is CN1CCCC(CNc2nc(N)nc(-n3ccnc3)n2)C1. The summed E-state index contributed by atoms with van der Waals surface area (Å²) in [7, 11) is 2.16. The van der Waals surface area contributed by atoms with Crippen LogP contribution in [0.4, 0.5) is 11.9 Å². The molecular weight excluding hydrogens is 268 g/mol. The Morgan fingerprint density at radius 2 is 2.29 bits per heavy atom. The molecule has 3 heterocycles. The lowest BCUT2D eigenvalue weighted by molar-refractivity contribution is 0.217. The Balaban J connectivity index is 1.68. The van der Waals surface area contributed by atoms with Gasteiger partial charge in [-0.05, 0) is 32.4 Å². The van der Waals surface area contributed by atoms with Crippen molar-refractivity contribution < 1.29 is 0 Å². The van der Waals surface area contributed by atoms with E-state index in [-0.39, 0.29) is 5.95 Å². The van der Waals surface area contributed by atoms with Gasteiger partial charge >= 0.3 is 0 Å². The Morgan fingerprint density at radius 1 is 1.38 bits per heavy atom. The first-order valence-corrected chi connectivity index (χ1v) is 7.13. The Bertz CT molecular complexity index is 582. The van der Waals surface area contributed by atoms with Gasteiger partial charge in [-0.25, -0.2) is 4.98 Å². The first-order valence-electron chi connectivity index (χ1n) is 7.13. The summed E-state index contributed by atoms with van der Waals surface area (Å²) >= 11 is 0. The number of hydrogen-bond donors (Lipinski definition) is 2. The fourth-order valence-corrected chi connectivity index (χ4v) is 2.63. The standard InChI is InChI=1S/C13H20N8/c1-20-5-2-3-10(8-20)7-16-12-17-11(14)18-13(19-12)21-6-4-15-9-21/h4,6,9-10H,2-3,5,7-8H2,1H3,(H3,14,16,17,18,19). The molecule has 0 spiro atoms. The molecule has 1 aliphatic rings. The van der Waals surface area contributed by atoms with Crippen molar-refractivity contribution >= 4 is 11.9 Å². The van der Waals surface area contributed by atoms with Gasteiger partial charge < -0.3 is 16.0 Å². The normalized spacial score (nSPS) is 19.6. The first kappa shape index (κ1) is 13.7. The maximum Gasteiger partial charge on any atom is 0.241 e. The second-order valence-electron chi connectivity index (χ2n) is 5.44. The number of nitrogen functional groups attached to an aromatic ring is 1. The van der Waals surface area contributed by atoms with Crippen molar-refractivity contribution in [1.82, 2.24) is 29.4 Å². The highest BCUT2D eigenvalue weighted by atomic mass is 15.3. The summed E-state index contributed by atoms with van der Waals surface area (Å²) in [6.07, 6.45) is 7.54. The molecule has 2 aromatic heterocycles. The third kappa shape index (κ3) is 3.46. The number of imidazole rings is 1. The molecule has 1 saturated heterocycles. The van der Waals surface area contributed by atoms with E-state index in [0.29, 0.717) is 17.8 Å². The van der Waals surface area contributed by atoms with E-state index in [0.717, 1.165) is 13.1 Å². The third-order valence-corrected chi connectivity index (χ3v) is 3.65. The minimum Gasteiger partial charge on any atom is -0.368 e. The van der Waals surface area contributed by atoms with Gasteiger partial charge in [0.1, 0.15) is 6.33 Å². The molecule has 3 N–H and O–H groups in total. The molecule has 8 nitrogen and oxygen atoms in total. The van der Waals surface area contributed by atoms with E-state index >= 15 is 0 Å². The van der Waals surface area contributed by atoms with Crippen LogP contribution in [0, 0.1) is 5.92 Å². The van der Waals surface area contributed by atoms with E-state index in [1.54, 1.807) is 23.3 Å². The van der Waals surface area contributed by atoms with Crippen molar-refractivity contribution in [2.24, 2.45) is 5.92 Å². The Labute approximate surface area is 123 Å². The number of likely N-dealkylation sites (tertiary alicyclic amines) is 1. The summed E-state index contributed by atoms with van der Waals surface area (Å²) in [4.78, 5) is 19.0. The third-order valence-electron chi connectivity index (χ3n) is 3.65. The average Bonchev–Trinajstić information content (AvgIpc) is 2.99. The number of piperidine rings is 1. The highest BCUT2D eigenvalue weighted by molar-refractivity contribution is 5.35. The van der Waals surface area contributed by atoms with Crippen LogP contribution in [0.5, 0.6) is 0 Å². The zero-order valence-corrected chi connectivity index (χ0v) is 12.1. The summed E-state index contributed by atoms with van der Waals surface area (Å²) in [6.45, 7) is 3.12. The van der Waals surface area contributed by atoms with E-state index < -0.39 is 0 Å². The Morgan fingerprint density at radius 3 is 3.05 bits per heavy atom. The molecule has 1 unspecified atom stereocenters. The fraction of sp³-hybridized carbons (Fsp3) is 0.538. The summed E-state index contributed by atoms with van der Waals surface area (Å²) < 4.78 is 1.71. The van der Waals surface area contributed by atoms with Crippen LogP contribution >= 0.6 is 0 Å². The average molecular weight is 288 g/mol. The molecular formula is C13H20N8. The molecule has 21 heavy (non-hydrogen) atoms. The summed E-state index contributed by atoms with van der Waals surface area (Å²) in [5.41, 5.74) is 5.75. The second kappa shape index (κ2) is 6.04. The van der Waals surface area contributed by atoms with Crippen LogP contribution in [-0.2, 0) is 0 Å². The van der Waals surface area contributed by atoms with E-state index in [2.05, 4.69) is 37.2 Å². The number of nitrogens with zero attached hydrogens (tertiary/aromatic N) is 6. The molecule has 0 saturated carbocycles. The van der Waals surface area contributed by atoms with Gasteiger partial charge in [0.25, 0.3) is 0 Å². The molecule has 0 amide bonds.